The molecule has 1 rings (SSSR count). The number of hydrogen-bond donors (Lipinski definition) is 1. The number of carbonyl (C=O) groups is 1. The molecule has 1 aromatic rings. The molecule has 0 aliphatic carbocycles. The molecule has 4 nitrogen and oxygen atoms in total. The molecule has 1 aromatic heterocycles. The van der Waals surface area contributed by atoms with Gasteiger partial charge in [-0.05, 0) is 0 Å². The van der Waals surface area contributed by atoms with E-state index >= 15 is 0 Å². The van der Waals surface area contributed by atoms with Gasteiger partial charge in [-0.15, -0.1) is 0 Å². The standard InChI is InChI=1S/C8H6F3N3O/c1-5-2-12-3-6(14-5)7(15)13-4-8(9,10)11/h1-3H,4H2,(H,13,15). The Kier molecular flexibility index (Phi) is 3.23. The van der Waals surface area contributed by atoms with Gasteiger partial charge in [0.25, 0.3) is 5.91 Å². The van der Waals surface area contributed by atoms with Gasteiger partial charge in [-0.2, -0.15) is 13.2 Å². The fourth-order valence-electron chi connectivity index (χ4n) is 0.762. The van der Waals surface area contributed by atoms with Gasteiger partial charge in [0.2, 0.25) is 0 Å². The van der Waals surface area contributed by atoms with Gasteiger partial charge in [-0.3, -0.25) is 9.78 Å². The lowest BCUT2D eigenvalue weighted by molar-refractivity contribution is -0.123. The average Bonchev–Trinajstić information content (AvgIpc) is 2.13. The number of alkyl halides is 3. The fraction of sp³-hybridized carbons (Fsp3) is 0.250. The number of amides is 1. The molecule has 0 fully saturated rings. The topological polar surface area (TPSA) is 54.9 Å². The van der Waals surface area contributed by atoms with E-state index < -0.39 is 18.6 Å². The normalized spacial score (nSPS) is 11.2. The molecule has 0 aromatic carbocycles. The smallest absolute Gasteiger partial charge is 0.342 e. The molecule has 0 bridgehead atoms. The van der Waals surface area contributed by atoms with Crippen molar-refractivity contribution in [3.63, 3.8) is 0 Å². The molecule has 15 heavy (non-hydrogen) atoms. The highest BCUT2D eigenvalue weighted by molar-refractivity contribution is 5.91. The van der Waals surface area contributed by atoms with Gasteiger partial charge in [-0.1, -0.05) is 0 Å². The minimum Gasteiger partial charge on any atom is -0.342 e. The van der Waals surface area contributed by atoms with Crippen LogP contribution in [0.5, 0.6) is 0 Å². The molecule has 0 atom stereocenters. The van der Waals surface area contributed by atoms with Crippen LogP contribution in [0.3, 0.4) is 0 Å². The molecule has 80 valence electrons. The summed E-state index contributed by atoms with van der Waals surface area (Å²) in [4.78, 5) is 18.1. The van der Waals surface area contributed by atoms with Crippen molar-refractivity contribution < 1.29 is 18.0 Å². The van der Waals surface area contributed by atoms with E-state index in [-0.39, 0.29) is 11.4 Å². The monoisotopic (exact) mass is 217 g/mol. The summed E-state index contributed by atoms with van der Waals surface area (Å²) in [5.41, 5.74) is -0.283. The fourth-order valence-corrected chi connectivity index (χ4v) is 0.762. The Morgan fingerprint density at radius 1 is 1.47 bits per heavy atom. The maximum absolute atomic E-state index is 11.7. The van der Waals surface area contributed by atoms with Crippen LogP contribution in [0.2, 0.25) is 0 Å². The third kappa shape index (κ3) is 3.92. The van der Waals surface area contributed by atoms with E-state index in [1.165, 1.54) is 6.20 Å². The van der Waals surface area contributed by atoms with Crippen molar-refractivity contribution in [2.24, 2.45) is 0 Å². The quantitative estimate of drug-likeness (QED) is 0.798. The van der Waals surface area contributed by atoms with Crippen LogP contribution in [0.25, 0.3) is 0 Å². The first-order valence-corrected chi connectivity index (χ1v) is 3.81. The zero-order valence-electron chi connectivity index (χ0n) is 7.38. The van der Waals surface area contributed by atoms with E-state index in [2.05, 4.69) is 9.97 Å². The van der Waals surface area contributed by atoms with Crippen LogP contribution in [0.15, 0.2) is 12.4 Å². The first kappa shape index (κ1) is 11.4. The van der Waals surface area contributed by atoms with Crippen LogP contribution in [-0.2, 0) is 0 Å². The Morgan fingerprint density at radius 2 is 2.13 bits per heavy atom. The van der Waals surface area contributed by atoms with E-state index in [0.29, 0.717) is 0 Å². The minimum absolute atomic E-state index is 0.0327. The van der Waals surface area contributed by atoms with Crippen LogP contribution in [0, 0.1) is 6.92 Å². The number of carbonyl (C=O) groups excluding carboxylic acids is 1. The number of nitrogens with zero attached hydrogens (tertiary/aromatic N) is 2. The summed E-state index contributed by atoms with van der Waals surface area (Å²) in [6.45, 7) is 3.79. The third-order valence-corrected chi connectivity index (χ3v) is 1.34. The minimum atomic E-state index is -4.45. The summed E-state index contributed by atoms with van der Waals surface area (Å²) in [6.07, 6.45) is -2.24. The van der Waals surface area contributed by atoms with Crippen LogP contribution in [-0.4, -0.2) is 28.6 Å². The lowest BCUT2D eigenvalue weighted by atomic mass is 10.4. The lowest BCUT2D eigenvalue weighted by Gasteiger charge is -2.07. The van der Waals surface area contributed by atoms with Crippen molar-refractivity contribution >= 4 is 5.91 Å². The van der Waals surface area contributed by atoms with Crippen molar-refractivity contribution in [3.05, 3.63) is 30.7 Å². The first-order chi connectivity index (χ1) is 6.88. The summed E-state index contributed by atoms with van der Waals surface area (Å²) in [7, 11) is 0. The van der Waals surface area contributed by atoms with Crippen molar-refractivity contribution in [2.75, 3.05) is 6.54 Å². The van der Waals surface area contributed by atoms with Crippen molar-refractivity contribution in [1.29, 1.82) is 0 Å². The second-order valence-electron chi connectivity index (χ2n) is 2.63. The molecule has 1 N–H and O–H groups in total. The van der Waals surface area contributed by atoms with Gasteiger partial charge in [0, 0.05) is 13.1 Å². The van der Waals surface area contributed by atoms with Gasteiger partial charge in [0.05, 0.1) is 11.9 Å². The van der Waals surface area contributed by atoms with Crippen LogP contribution in [0.1, 0.15) is 16.2 Å². The highest BCUT2D eigenvalue weighted by Crippen LogP contribution is 2.12. The number of nitrogens with one attached hydrogen (secondary N) is 1. The third-order valence-electron chi connectivity index (χ3n) is 1.34. The molecule has 0 aliphatic heterocycles. The van der Waals surface area contributed by atoms with Gasteiger partial charge in [0.15, 0.2) is 0 Å². The SMILES string of the molecule is [CH]c1cncc(C(=O)NCC(F)(F)F)n1. The zero-order chi connectivity index (χ0) is 11.5. The van der Waals surface area contributed by atoms with E-state index in [1.54, 1.807) is 5.32 Å². The predicted molar refractivity (Wildman–Crippen MR) is 43.8 cm³/mol. The highest BCUT2D eigenvalue weighted by atomic mass is 19.4. The molecular weight excluding hydrogens is 211 g/mol. The molecule has 2 radical (unpaired) electrons. The lowest BCUT2D eigenvalue weighted by Crippen LogP contribution is -2.34. The molecule has 1 heterocycles. The van der Waals surface area contributed by atoms with Crippen LogP contribution >= 0.6 is 0 Å². The second-order valence-corrected chi connectivity index (χ2v) is 2.63. The number of rotatable bonds is 2. The summed E-state index contributed by atoms with van der Waals surface area (Å²) in [5, 5.41) is 1.64. The molecule has 1 amide bonds. The zero-order valence-corrected chi connectivity index (χ0v) is 7.38. The Morgan fingerprint density at radius 3 is 2.67 bits per heavy atom. The molecule has 0 aliphatic rings. The maximum atomic E-state index is 11.7. The maximum Gasteiger partial charge on any atom is 0.405 e. The second kappa shape index (κ2) is 4.24. The highest BCUT2D eigenvalue weighted by Gasteiger charge is 2.28. The summed E-state index contributed by atoms with van der Waals surface area (Å²) in [6, 6.07) is 0. The Bertz CT molecular complexity index is 364. The summed E-state index contributed by atoms with van der Waals surface area (Å²) >= 11 is 0. The van der Waals surface area contributed by atoms with Crippen LogP contribution < -0.4 is 5.32 Å². The van der Waals surface area contributed by atoms with E-state index in [4.69, 9.17) is 6.92 Å². The number of halogens is 3. The first-order valence-electron chi connectivity index (χ1n) is 3.81. The van der Waals surface area contributed by atoms with Crippen molar-refractivity contribution in [1.82, 2.24) is 15.3 Å². The molecule has 0 spiro atoms. The molecule has 0 saturated carbocycles. The Hall–Kier alpha value is -1.66. The predicted octanol–water partition coefficient (Wildman–Crippen LogP) is 0.828. The summed E-state index contributed by atoms with van der Waals surface area (Å²) < 4.78 is 35.2. The molecule has 0 unspecified atom stereocenters. The molecule has 0 saturated heterocycles. The Labute approximate surface area is 83.5 Å². The van der Waals surface area contributed by atoms with Crippen molar-refractivity contribution in [2.45, 2.75) is 6.18 Å². The van der Waals surface area contributed by atoms with Gasteiger partial charge in [-0.25, -0.2) is 4.98 Å². The summed E-state index contributed by atoms with van der Waals surface area (Å²) in [5.74, 6) is -0.966. The number of hydrogen-bond acceptors (Lipinski definition) is 3. The van der Waals surface area contributed by atoms with E-state index in [1.807, 2.05) is 0 Å². The van der Waals surface area contributed by atoms with E-state index in [9.17, 15) is 18.0 Å². The largest absolute Gasteiger partial charge is 0.405 e. The molecule has 7 heteroatoms. The van der Waals surface area contributed by atoms with Crippen molar-refractivity contribution in [3.8, 4) is 0 Å². The Balaban J connectivity index is 2.62. The van der Waals surface area contributed by atoms with Gasteiger partial charge < -0.3 is 5.32 Å². The van der Waals surface area contributed by atoms with Gasteiger partial charge in [0.1, 0.15) is 12.2 Å². The van der Waals surface area contributed by atoms with E-state index in [0.717, 1.165) is 6.20 Å². The number of aromatic nitrogens is 2. The average molecular weight is 217 g/mol. The van der Waals surface area contributed by atoms with Gasteiger partial charge >= 0.3 is 6.18 Å². The van der Waals surface area contributed by atoms with Crippen LogP contribution in [0.4, 0.5) is 13.2 Å². The molecular formula is C8H6F3N3O.